The number of rotatable bonds is 6. The van der Waals surface area contributed by atoms with Crippen molar-refractivity contribution in [1.82, 2.24) is 0 Å². The van der Waals surface area contributed by atoms with Gasteiger partial charge < -0.3 is 9.47 Å². The quantitative estimate of drug-likeness (QED) is 0.490. The van der Waals surface area contributed by atoms with Crippen molar-refractivity contribution in [3.05, 3.63) is 12.7 Å². The Balaban J connectivity index is 3.04. The summed E-state index contributed by atoms with van der Waals surface area (Å²) in [6.45, 7) is 6.61. The Morgan fingerprint density at radius 3 is 2.24 bits per heavy atom. The smallest absolute Gasteiger partial charge is 0.265 e. The molecule has 1 rings (SSSR count). The van der Waals surface area contributed by atoms with Crippen molar-refractivity contribution in [2.24, 2.45) is 0 Å². The molecule has 0 aromatic carbocycles. The molecule has 0 aromatic rings. The summed E-state index contributed by atoms with van der Waals surface area (Å²) in [5.41, 5.74) is 0. The SMILES string of the molecule is C=C[C@H](OS(C)(=O)=O)[C@H]1OC(C)(C)OC[C@H]1OS(C)(=O)=O. The van der Waals surface area contributed by atoms with Crippen molar-refractivity contribution >= 4 is 20.2 Å². The Bertz CT molecular complexity index is 577. The van der Waals surface area contributed by atoms with Gasteiger partial charge in [0.2, 0.25) is 0 Å². The lowest BCUT2D eigenvalue weighted by Crippen LogP contribution is -2.55. The molecule has 8 nitrogen and oxygen atoms in total. The van der Waals surface area contributed by atoms with Gasteiger partial charge in [0.25, 0.3) is 20.2 Å². The maximum atomic E-state index is 11.3. The highest BCUT2D eigenvalue weighted by Gasteiger charge is 2.43. The van der Waals surface area contributed by atoms with E-state index in [0.717, 1.165) is 12.5 Å². The van der Waals surface area contributed by atoms with Gasteiger partial charge in [-0.05, 0) is 13.8 Å². The summed E-state index contributed by atoms with van der Waals surface area (Å²) in [7, 11) is -7.56. The molecule has 0 unspecified atom stereocenters. The minimum atomic E-state index is -3.79. The van der Waals surface area contributed by atoms with Crippen LogP contribution in [0.2, 0.25) is 0 Å². The summed E-state index contributed by atoms with van der Waals surface area (Å²) in [6, 6.07) is 0. The van der Waals surface area contributed by atoms with Crippen molar-refractivity contribution in [2.75, 3.05) is 19.1 Å². The van der Waals surface area contributed by atoms with Crippen molar-refractivity contribution in [3.8, 4) is 0 Å². The summed E-state index contributed by atoms with van der Waals surface area (Å²) >= 11 is 0. The normalized spacial score (nSPS) is 28.0. The van der Waals surface area contributed by atoms with Crippen LogP contribution < -0.4 is 0 Å². The van der Waals surface area contributed by atoms with E-state index in [0.29, 0.717) is 0 Å². The van der Waals surface area contributed by atoms with Crippen LogP contribution in [-0.4, -0.2) is 60.1 Å². The van der Waals surface area contributed by atoms with Crippen LogP contribution >= 0.6 is 0 Å². The van der Waals surface area contributed by atoms with Gasteiger partial charge in [0.05, 0.1) is 19.1 Å². The fourth-order valence-electron chi connectivity index (χ4n) is 1.83. The second-order valence-corrected chi connectivity index (χ2v) is 8.33. The van der Waals surface area contributed by atoms with Crippen LogP contribution in [0, 0.1) is 0 Å². The number of ether oxygens (including phenoxy) is 2. The first-order valence-electron chi connectivity index (χ1n) is 6.04. The van der Waals surface area contributed by atoms with E-state index < -0.39 is 44.3 Å². The molecular weight excluding hydrogens is 324 g/mol. The Hall–Kier alpha value is -0.520. The van der Waals surface area contributed by atoms with Crippen LogP contribution in [-0.2, 0) is 38.1 Å². The zero-order valence-corrected chi connectivity index (χ0v) is 13.9. The van der Waals surface area contributed by atoms with E-state index in [4.69, 9.17) is 17.8 Å². The largest absolute Gasteiger partial charge is 0.348 e. The monoisotopic (exact) mass is 344 g/mol. The third kappa shape index (κ3) is 6.41. The molecule has 1 fully saturated rings. The standard InChI is InChI=1S/C11H20O8S2/c1-6-8(18-20(4,12)13)10-9(19-21(5,14)15)7-16-11(2,3)17-10/h6,8-10H,1,7H2,2-5H3/t8-,9+,10+/m0/s1. The van der Waals surface area contributed by atoms with Crippen molar-refractivity contribution in [3.63, 3.8) is 0 Å². The average Bonchev–Trinajstić information content (AvgIpc) is 2.25. The van der Waals surface area contributed by atoms with Gasteiger partial charge in [-0.1, -0.05) is 6.08 Å². The van der Waals surface area contributed by atoms with E-state index in [-0.39, 0.29) is 6.61 Å². The zero-order valence-electron chi connectivity index (χ0n) is 12.3. The molecule has 0 saturated carbocycles. The van der Waals surface area contributed by atoms with Gasteiger partial charge in [-0.25, -0.2) is 0 Å². The molecule has 1 aliphatic heterocycles. The first kappa shape index (κ1) is 18.5. The average molecular weight is 344 g/mol. The minimum Gasteiger partial charge on any atom is -0.348 e. The van der Waals surface area contributed by atoms with Gasteiger partial charge in [0.1, 0.15) is 18.3 Å². The molecular formula is C11H20O8S2. The van der Waals surface area contributed by atoms with Gasteiger partial charge in [0.15, 0.2) is 5.79 Å². The lowest BCUT2D eigenvalue weighted by molar-refractivity contribution is -0.308. The number of hydrogen-bond acceptors (Lipinski definition) is 8. The molecule has 3 atom stereocenters. The lowest BCUT2D eigenvalue weighted by atomic mass is 10.1. The predicted molar refractivity (Wildman–Crippen MR) is 74.5 cm³/mol. The molecule has 124 valence electrons. The van der Waals surface area contributed by atoms with E-state index in [1.54, 1.807) is 13.8 Å². The fourth-order valence-corrected chi connectivity index (χ4v) is 3.04. The lowest BCUT2D eigenvalue weighted by Gasteiger charge is -2.42. The fraction of sp³-hybridized carbons (Fsp3) is 0.818. The van der Waals surface area contributed by atoms with E-state index in [1.165, 1.54) is 6.08 Å². The molecule has 0 bridgehead atoms. The second kappa shape index (κ2) is 6.31. The molecule has 0 radical (unpaired) electrons. The first-order chi connectivity index (χ1) is 9.33. The Labute approximate surface area is 125 Å². The third-order valence-corrected chi connectivity index (χ3v) is 3.69. The molecule has 1 heterocycles. The van der Waals surface area contributed by atoms with Crippen LogP contribution in [0.15, 0.2) is 12.7 Å². The minimum absolute atomic E-state index is 0.0950. The first-order valence-corrected chi connectivity index (χ1v) is 9.67. The topological polar surface area (TPSA) is 105 Å². The maximum absolute atomic E-state index is 11.3. The zero-order chi connectivity index (χ0) is 16.5. The molecule has 0 N–H and O–H groups in total. The highest BCUT2D eigenvalue weighted by molar-refractivity contribution is 7.86. The highest BCUT2D eigenvalue weighted by atomic mass is 32.2. The summed E-state index contributed by atoms with van der Waals surface area (Å²) in [5.74, 6) is -1.04. The van der Waals surface area contributed by atoms with Crippen LogP contribution in [0.3, 0.4) is 0 Å². The summed E-state index contributed by atoms with van der Waals surface area (Å²) in [5, 5.41) is 0. The maximum Gasteiger partial charge on any atom is 0.265 e. The number of hydrogen-bond donors (Lipinski definition) is 0. The molecule has 21 heavy (non-hydrogen) atoms. The van der Waals surface area contributed by atoms with Crippen molar-refractivity contribution in [1.29, 1.82) is 0 Å². The van der Waals surface area contributed by atoms with Gasteiger partial charge in [-0.2, -0.15) is 16.8 Å². The van der Waals surface area contributed by atoms with Crippen molar-refractivity contribution < 1.29 is 34.7 Å². The van der Waals surface area contributed by atoms with Crippen molar-refractivity contribution in [2.45, 2.75) is 37.9 Å². The van der Waals surface area contributed by atoms with E-state index in [9.17, 15) is 16.8 Å². The van der Waals surface area contributed by atoms with Crippen LogP contribution in [0.4, 0.5) is 0 Å². The van der Waals surface area contributed by atoms with Crippen LogP contribution in [0.25, 0.3) is 0 Å². The Morgan fingerprint density at radius 2 is 1.81 bits per heavy atom. The second-order valence-electron chi connectivity index (χ2n) is 5.13. The Kier molecular flexibility index (Phi) is 5.56. The molecule has 0 amide bonds. The highest BCUT2D eigenvalue weighted by Crippen LogP contribution is 2.28. The van der Waals surface area contributed by atoms with Gasteiger partial charge in [0, 0.05) is 0 Å². The summed E-state index contributed by atoms with van der Waals surface area (Å²) in [6.07, 6.45) is -0.181. The molecule has 0 aliphatic carbocycles. The predicted octanol–water partition coefficient (Wildman–Crippen LogP) is 0.0135. The third-order valence-electron chi connectivity index (χ3n) is 2.52. The summed E-state index contributed by atoms with van der Waals surface area (Å²) in [4.78, 5) is 0. The van der Waals surface area contributed by atoms with E-state index >= 15 is 0 Å². The Morgan fingerprint density at radius 1 is 1.24 bits per heavy atom. The molecule has 1 aliphatic rings. The molecule has 0 aromatic heterocycles. The van der Waals surface area contributed by atoms with E-state index in [2.05, 4.69) is 6.58 Å². The van der Waals surface area contributed by atoms with Crippen LogP contribution in [0.5, 0.6) is 0 Å². The molecule has 10 heteroatoms. The van der Waals surface area contributed by atoms with Gasteiger partial charge in [-0.15, -0.1) is 6.58 Å². The molecule has 0 spiro atoms. The van der Waals surface area contributed by atoms with E-state index in [1.807, 2.05) is 0 Å². The van der Waals surface area contributed by atoms with Gasteiger partial charge in [-0.3, -0.25) is 8.37 Å². The van der Waals surface area contributed by atoms with Crippen LogP contribution in [0.1, 0.15) is 13.8 Å². The van der Waals surface area contributed by atoms with Gasteiger partial charge >= 0.3 is 0 Å². The molecule has 1 saturated heterocycles. The summed E-state index contributed by atoms with van der Waals surface area (Å²) < 4.78 is 65.8.